The van der Waals surface area contributed by atoms with Gasteiger partial charge in [-0.2, -0.15) is 5.10 Å². The number of rotatable bonds is 4. The zero-order valence-electron chi connectivity index (χ0n) is 15.5. The fourth-order valence-corrected chi connectivity index (χ4v) is 3.48. The van der Waals surface area contributed by atoms with Crippen molar-refractivity contribution in [3.63, 3.8) is 0 Å². The van der Waals surface area contributed by atoms with Gasteiger partial charge in [-0.15, -0.1) is 0 Å². The van der Waals surface area contributed by atoms with Crippen LogP contribution in [0, 0.1) is 5.82 Å². The molecular formula is C21H19FN4O2. The predicted molar refractivity (Wildman–Crippen MR) is 105 cm³/mol. The number of amides is 1. The number of nitrogens with zero attached hydrogens (tertiary/aromatic N) is 3. The number of benzene rings is 2. The summed E-state index contributed by atoms with van der Waals surface area (Å²) in [4.78, 5) is 25.6. The lowest BCUT2D eigenvalue weighted by Crippen LogP contribution is -2.32. The molecule has 0 aliphatic carbocycles. The summed E-state index contributed by atoms with van der Waals surface area (Å²) < 4.78 is 16.8. The van der Waals surface area contributed by atoms with E-state index >= 15 is 0 Å². The average molecular weight is 378 g/mol. The van der Waals surface area contributed by atoms with Crippen LogP contribution >= 0.6 is 0 Å². The van der Waals surface area contributed by atoms with E-state index < -0.39 is 6.04 Å². The van der Waals surface area contributed by atoms with Gasteiger partial charge in [-0.3, -0.25) is 9.59 Å². The van der Waals surface area contributed by atoms with Crippen molar-refractivity contribution in [1.82, 2.24) is 19.7 Å². The highest BCUT2D eigenvalue weighted by Crippen LogP contribution is 2.29. The zero-order chi connectivity index (χ0) is 19.8. The lowest BCUT2D eigenvalue weighted by molar-refractivity contribution is -0.123. The third kappa shape index (κ3) is 2.85. The summed E-state index contributed by atoms with van der Waals surface area (Å²) in [6, 6.07) is 13.2. The first kappa shape index (κ1) is 17.9. The third-order valence-corrected chi connectivity index (χ3v) is 4.98. The molecule has 1 N–H and O–H groups in total. The largest absolute Gasteiger partial charge is 0.350 e. The Balaban J connectivity index is 1.77. The molecule has 4 aromatic rings. The smallest absolute Gasteiger partial charge is 0.291 e. The molecule has 2 heterocycles. The predicted octanol–water partition coefficient (Wildman–Crippen LogP) is 2.90. The Morgan fingerprint density at radius 1 is 1.14 bits per heavy atom. The van der Waals surface area contributed by atoms with Crippen LogP contribution in [0.5, 0.6) is 0 Å². The van der Waals surface area contributed by atoms with E-state index in [0.717, 1.165) is 10.9 Å². The molecule has 142 valence electrons. The van der Waals surface area contributed by atoms with Gasteiger partial charge in [0.1, 0.15) is 17.4 Å². The number of fused-ring (bicyclic) bond motifs is 3. The van der Waals surface area contributed by atoms with E-state index in [1.165, 1.54) is 10.7 Å². The molecule has 1 amide bonds. The Bertz CT molecular complexity index is 1260. The molecule has 2 aromatic heterocycles. The molecule has 0 aliphatic heterocycles. The number of aryl methyl sites for hydroxylation is 1. The third-order valence-electron chi connectivity index (χ3n) is 4.98. The molecule has 0 fully saturated rings. The standard InChI is InChI=1S/C21H19FN4O2/c1-13(20(27)23-11-14-7-3-5-9-17(14)22)26-18-10-6-4-8-15(18)16-12-24-25(2)21(28)19(16)26/h3-10,12-13H,11H2,1-2H3,(H,23,27)/t13-/m1/s1. The molecule has 0 unspecified atom stereocenters. The van der Waals surface area contributed by atoms with E-state index in [0.29, 0.717) is 16.5 Å². The van der Waals surface area contributed by atoms with Gasteiger partial charge in [0.2, 0.25) is 5.91 Å². The van der Waals surface area contributed by atoms with Gasteiger partial charge < -0.3 is 9.88 Å². The lowest BCUT2D eigenvalue weighted by atomic mass is 10.2. The van der Waals surface area contributed by atoms with Gasteiger partial charge in [-0.05, 0) is 19.1 Å². The number of nitrogens with one attached hydrogen (secondary N) is 1. The summed E-state index contributed by atoms with van der Waals surface area (Å²) in [7, 11) is 1.58. The molecule has 2 aromatic carbocycles. The quantitative estimate of drug-likeness (QED) is 0.594. The number of halogens is 1. The van der Waals surface area contributed by atoms with Crippen LogP contribution in [-0.2, 0) is 18.4 Å². The summed E-state index contributed by atoms with van der Waals surface area (Å²) in [6.45, 7) is 1.80. The van der Waals surface area contributed by atoms with Gasteiger partial charge in [-0.1, -0.05) is 36.4 Å². The normalized spacial score (nSPS) is 12.4. The Morgan fingerprint density at radius 3 is 2.64 bits per heavy atom. The van der Waals surface area contributed by atoms with E-state index in [1.807, 2.05) is 24.3 Å². The number of hydrogen-bond donors (Lipinski definition) is 1. The summed E-state index contributed by atoms with van der Waals surface area (Å²) in [5, 5.41) is 8.44. The summed E-state index contributed by atoms with van der Waals surface area (Å²) in [5.41, 5.74) is 1.33. The van der Waals surface area contributed by atoms with Crippen LogP contribution in [0.1, 0.15) is 18.5 Å². The van der Waals surface area contributed by atoms with E-state index in [2.05, 4.69) is 10.4 Å². The maximum Gasteiger partial charge on any atom is 0.291 e. The monoisotopic (exact) mass is 378 g/mol. The van der Waals surface area contributed by atoms with Crippen molar-refractivity contribution in [2.24, 2.45) is 7.05 Å². The van der Waals surface area contributed by atoms with Crippen LogP contribution in [-0.4, -0.2) is 20.3 Å². The second-order valence-electron chi connectivity index (χ2n) is 6.71. The SMILES string of the molecule is C[C@H](C(=O)NCc1ccccc1F)n1c2ccccc2c2cnn(C)c(=O)c21. The van der Waals surface area contributed by atoms with Crippen molar-refractivity contribution in [2.75, 3.05) is 0 Å². The first-order valence-electron chi connectivity index (χ1n) is 8.95. The topological polar surface area (TPSA) is 68.9 Å². The van der Waals surface area contributed by atoms with Gasteiger partial charge in [0.25, 0.3) is 5.56 Å². The van der Waals surface area contributed by atoms with E-state index in [-0.39, 0.29) is 23.8 Å². The minimum absolute atomic E-state index is 0.0759. The number of carbonyl (C=O) groups excluding carboxylic acids is 1. The Labute approximate surface area is 160 Å². The highest BCUT2D eigenvalue weighted by Gasteiger charge is 2.23. The van der Waals surface area contributed by atoms with Crippen LogP contribution in [0.2, 0.25) is 0 Å². The molecule has 0 radical (unpaired) electrons. The van der Waals surface area contributed by atoms with E-state index in [9.17, 15) is 14.0 Å². The molecule has 6 nitrogen and oxygen atoms in total. The molecule has 0 saturated carbocycles. The van der Waals surface area contributed by atoms with Gasteiger partial charge >= 0.3 is 0 Å². The first-order valence-corrected chi connectivity index (χ1v) is 8.95. The molecule has 0 spiro atoms. The second-order valence-corrected chi connectivity index (χ2v) is 6.71. The minimum Gasteiger partial charge on any atom is -0.350 e. The van der Waals surface area contributed by atoms with Gasteiger partial charge in [-0.25, -0.2) is 9.07 Å². The molecule has 0 aliphatic rings. The highest BCUT2D eigenvalue weighted by molar-refractivity contribution is 6.08. The van der Waals surface area contributed by atoms with Crippen LogP contribution < -0.4 is 10.9 Å². The zero-order valence-corrected chi connectivity index (χ0v) is 15.5. The number of hydrogen-bond acceptors (Lipinski definition) is 3. The molecule has 4 rings (SSSR count). The van der Waals surface area contributed by atoms with Crippen molar-refractivity contribution >= 4 is 27.7 Å². The van der Waals surface area contributed by atoms with Gasteiger partial charge in [0, 0.05) is 29.9 Å². The second kappa shape index (κ2) is 6.92. The number of aromatic nitrogens is 3. The fraction of sp³-hybridized carbons (Fsp3) is 0.190. The summed E-state index contributed by atoms with van der Waals surface area (Å²) in [5.74, 6) is -0.669. The first-order chi connectivity index (χ1) is 13.5. The van der Waals surface area contributed by atoms with Crippen molar-refractivity contribution in [1.29, 1.82) is 0 Å². The lowest BCUT2D eigenvalue weighted by Gasteiger charge is -2.17. The van der Waals surface area contributed by atoms with Crippen molar-refractivity contribution < 1.29 is 9.18 Å². The molecule has 7 heteroatoms. The van der Waals surface area contributed by atoms with Crippen LogP contribution in [0.3, 0.4) is 0 Å². The molecule has 0 bridgehead atoms. The van der Waals surface area contributed by atoms with Crippen molar-refractivity contribution in [3.8, 4) is 0 Å². The maximum absolute atomic E-state index is 13.8. The Morgan fingerprint density at radius 2 is 1.86 bits per heavy atom. The molecule has 0 saturated heterocycles. The van der Waals surface area contributed by atoms with Crippen molar-refractivity contribution in [2.45, 2.75) is 19.5 Å². The molecule has 1 atom stereocenters. The fourth-order valence-electron chi connectivity index (χ4n) is 3.48. The molecular weight excluding hydrogens is 359 g/mol. The van der Waals surface area contributed by atoms with Gasteiger partial charge in [0.15, 0.2) is 0 Å². The van der Waals surface area contributed by atoms with Crippen molar-refractivity contribution in [3.05, 3.63) is 76.5 Å². The molecule has 28 heavy (non-hydrogen) atoms. The average Bonchev–Trinajstić information content (AvgIpc) is 3.04. The van der Waals surface area contributed by atoms with Crippen LogP contribution in [0.4, 0.5) is 4.39 Å². The van der Waals surface area contributed by atoms with Gasteiger partial charge in [0.05, 0.1) is 11.7 Å². The van der Waals surface area contributed by atoms with E-state index in [1.54, 1.807) is 42.9 Å². The minimum atomic E-state index is -0.663. The Kier molecular flexibility index (Phi) is 4.43. The summed E-state index contributed by atoms with van der Waals surface area (Å²) in [6.07, 6.45) is 1.64. The number of para-hydroxylation sites is 1. The van der Waals surface area contributed by atoms with E-state index in [4.69, 9.17) is 0 Å². The number of carbonyl (C=O) groups is 1. The Hall–Kier alpha value is -3.48. The maximum atomic E-state index is 13.8. The van der Waals surface area contributed by atoms with Crippen LogP contribution in [0.25, 0.3) is 21.8 Å². The van der Waals surface area contributed by atoms with Crippen LogP contribution in [0.15, 0.2) is 59.5 Å². The summed E-state index contributed by atoms with van der Waals surface area (Å²) >= 11 is 0. The highest BCUT2D eigenvalue weighted by atomic mass is 19.1.